The van der Waals surface area contributed by atoms with Gasteiger partial charge in [0.15, 0.2) is 5.78 Å². The summed E-state index contributed by atoms with van der Waals surface area (Å²) in [6.07, 6.45) is 0.437. The van der Waals surface area contributed by atoms with E-state index in [-0.39, 0.29) is 6.32 Å². The van der Waals surface area contributed by atoms with Gasteiger partial charge in [0, 0.05) is 24.2 Å². The molecule has 0 aromatic heterocycles. The number of ketones is 1. The van der Waals surface area contributed by atoms with Crippen molar-refractivity contribution in [2.24, 2.45) is 11.8 Å². The maximum atomic E-state index is 12.8. The number of rotatable bonds is 6. The molecular weight excluding hydrogens is 391 g/mol. The second kappa shape index (κ2) is 7.70. The van der Waals surface area contributed by atoms with E-state index in [2.05, 4.69) is 15.9 Å². The molecule has 1 aromatic carbocycles. The predicted molar refractivity (Wildman–Crippen MR) is 94.7 cm³/mol. The average molecular weight is 411 g/mol. The van der Waals surface area contributed by atoms with E-state index in [1.54, 1.807) is 6.82 Å². The Labute approximate surface area is 155 Å². The van der Waals surface area contributed by atoms with Gasteiger partial charge in [-0.15, -0.1) is 0 Å². The fraction of sp³-hybridized carbons (Fsp3) is 0.471. The van der Waals surface area contributed by atoms with Gasteiger partial charge in [0.1, 0.15) is 0 Å². The molecule has 0 amide bonds. The molecule has 1 atom stereocenters. The summed E-state index contributed by atoms with van der Waals surface area (Å²) < 4.78 is 11.0. The van der Waals surface area contributed by atoms with Crippen molar-refractivity contribution in [3.8, 4) is 0 Å². The number of ether oxygens (including phenoxy) is 2. The first-order chi connectivity index (χ1) is 11.6. The molecule has 0 spiro atoms. The Morgan fingerprint density at radius 2 is 1.76 bits per heavy atom. The molecule has 0 aliphatic carbocycles. The minimum Gasteiger partial charge on any atom is -0.451 e. The van der Waals surface area contributed by atoms with E-state index < -0.39 is 42.3 Å². The Morgan fingerprint density at radius 3 is 2.24 bits per heavy atom. The molecule has 1 saturated heterocycles. The smallest absolute Gasteiger partial charge is 0.331 e. The van der Waals surface area contributed by atoms with Gasteiger partial charge in [-0.25, -0.2) is 0 Å². The van der Waals surface area contributed by atoms with Gasteiger partial charge in [-0.05, 0) is 30.4 Å². The largest absolute Gasteiger partial charge is 0.451 e. The topological polar surface area (TPSA) is 89.9 Å². The first kappa shape index (κ1) is 19.7. The monoisotopic (exact) mass is 410 g/mol. The Bertz CT molecular complexity index is 650. The summed E-state index contributed by atoms with van der Waals surface area (Å²) in [5.41, 5.74) is 0.861. The lowest BCUT2D eigenvalue weighted by molar-refractivity contribution is -0.238. The quantitative estimate of drug-likeness (QED) is 0.439. The van der Waals surface area contributed by atoms with Gasteiger partial charge < -0.3 is 14.5 Å². The van der Waals surface area contributed by atoms with E-state index in [9.17, 15) is 19.4 Å². The highest BCUT2D eigenvalue weighted by Crippen LogP contribution is 2.28. The molecule has 1 fully saturated rings. The highest BCUT2D eigenvalue weighted by molar-refractivity contribution is 9.10. The number of carbonyl (C=O) groups excluding carboxylic acids is 3. The maximum absolute atomic E-state index is 12.8. The van der Waals surface area contributed by atoms with E-state index >= 15 is 0 Å². The minimum atomic E-state index is -1.60. The summed E-state index contributed by atoms with van der Waals surface area (Å²) in [5, 5.41) is 9.71. The fourth-order valence-electron chi connectivity index (χ4n) is 2.80. The summed E-state index contributed by atoms with van der Waals surface area (Å²) in [7, 11) is 0. The van der Waals surface area contributed by atoms with Crippen molar-refractivity contribution in [1.29, 1.82) is 0 Å². The molecule has 1 aromatic rings. The molecule has 134 valence electrons. The third-order valence-corrected chi connectivity index (χ3v) is 4.40. The standard InChI is InChI=1S/C17H20BBrO6/c1-17(2)24-15(21)13(16(22)25-17)14(20)11(9-18(3)23)8-10-4-6-12(19)7-5-10/h4-7,11,13,23H,8-9H2,1-3H3/t11-/m0/s1. The first-order valence-corrected chi connectivity index (χ1v) is 8.80. The SMILES string of the molecule is CB(O)C[C@H](Cc1ccc(Br)cc1)C(=O)C1C(=O)OC(C)(C)OC1=O. The van der Waals surface area contributed by atoms with Crippen LogP contribution in [0.1, 0.15) is 19.4 Å². The molecule has 0 unspecified atom stereocenters. The van der Waals surface area contributed by atoms with Gasteiger partial charge in [0.05, 0.1) is 0 Å². The van der Waals surface area contributed by atoms with Gasteiger partial charge in [-0.2, -0.15) is 0 Å². The number of carbonyl (C=O) groups is 3. The highest BCUT2D eigenvalue weighted by atomic mass is 79.9. The Morgan fingerprint density at radius 1 is 1.24 bits per heavy atom. The molecular formula is C17H20BBrO6. The lowest BCUT2D eigenvalue weighted by Crippen LogP contribution is -2.50. The van der Waals surface area contributed by atoms with Crippen molar-refractivity contribution in [2.75, 3.05) is 0 Å². The molecule has 6 nitrogen and oxygen atoms in total. The predicted octanol–water partition coefficient (Wildman–Crippen LogP) is 2.24. The normalized spacial score (nSPS) is 18.3. The van der Waals surface area contributed by atoms with Crippen molar-refractivity contribution in [1.82, 2.24) is 0 Å². The number of hydrogen-bond acceptors (Lipinski definition) is 6. The summed E-state index contributed by atoms with van der Waals surface area (Å²) in [5.74, 6) is -6.08. The van der Waals surface area contributed by atoms with Gasteiger partial charge in [-0.1, -0.05) is 34.9 Å². The average Bonchev–Trinajstić information content (AvgIpc) is 2.46. The van der Waals surface area contributed by atoms with Gasteiger partial charge in [0.25, 0.3) is 12.7 Å². The van der Waals surface area contributed by atoms with Crippen molar-refractivity contribution in [3.63, 3.8) is 0 Å². The van der Waals surface area contributed by atoms with E-state index in [4.69, 9.17) is 9.47 Å². The second-order valence-electron chi connectivity index (χ2n) is 6.69. The number of Topliss-reactive ketones (excluding diaryl/α,β-unsaturated/α-hetero) is 1. The fourth-order valence-corrected chi connectivity index (χ4v) is 3.07. The zero-order chi connectivity index (χ0) is 18.8. The van der Waals surface area contributed by atoms with Gasteiger partial charge >= 0.3 is 11.9 Å². The molecule has 1 aliphatic heterocycles. The molecule has 0 radical (unpaired) electrons. The molecule has 1 aliphatic rings. The molecule has 8 heteroatoms. The lowest BCUT2D eigenvalue weighted by Gasteiger charge is -2.33. The van der Waals surface area contributed by atoms with Crippen LogP contribution in [0.4, 0.5) is 0 Å². The van der Waals surface area contributed by atoms with E-state index in [0.717, 1.165) is 10.0 Å². The van der Waals surface area contributed by atoms with Crippen LogP contribution in [0.5, 0.6) is 0 Å². The van der Waals surface area contributed by atoms with Crippen LogP contribution in [0.15, 0.2) is 28.7 Å². The van der Waals surface area contributed by atoms with Crippen LogP contribution >= 0.6 is 15.9 Å². The van der Waals surface area contributed by atoms with Crippen LogP contribution in [0.25, 0.3) is 0 Å². The lowest BCUT2D eigenvalue weighted by atomic mass is 9.61. The Balaban J connectivity index is 2.21. The van der Waals surface area contributed by atoms with E-state index in [1.807, 2.05) is 24.3 Å². The Kier molecular flexibility index (Phi) is 6.05. The number of cyclic esters (lactones) is 2. The van der Waals surface area contributed by atoms with Crippen LogP contribution in [0.3, 0.4) is 0 Å². The minimum absolute atomic E-state index is 0.134. The number of hydrogen-bond donors (Lipinski definition) is 1. The van der Waals surface area contributed by atoms with Crippen molar-refractivity contribution >= 4 is 40.6 Å². The summed E-state index contributed by atoms with van der Waals surface area (Å²) in [6, 6.07) is 7.36. The molecule has 0 saturated carbocycles. The third kappa shape index (κ3) is 5.15. The van der Waals surface area contributed by atoms with E-state index in [0.29, 0.717) is 6.42 Å². The summed E-state index contributed by atoms with van der Waals surface area (Å²) in [6.45, 7) is 3.66. The van der Waals surface area contributed by atoms with Crippen molar-refractivity contribution in [2.45, 2.75) is 39.2 Å². The number of halogens is 1. The Hall–Kier alpha value is -1.67. The first-order valence-electron chi connectivity index (χ1n) is 8.01. The molecule has 0 bridgehead atoms. The van der Waals surface area contributed by atoms with E-state index in [1.165, 1.54) is 13.8 Å². The zero-order valence-electron chi connectivity index (χ0n) is 14.3. The maximum Gasteiger partial charge on any atom is 0.331 e. The van der Waals surface area contributed by atoms with Crippen LogP contribution in [-0.4, -0.2) is 35.4 Å². The van der Waals surface area contributed by atoms with Crippen LogP contribution in [-0.2, 0) is 30.3 Å². The van der Waals surface area contributed by atoms with Crippen LogP contribution < -0.4 is 0 Å². The third-order valence-electron chi connectivity index (χ3n) is 3.87. The molecule has 2 rings (SSSR count). The van der Waals surface area contributed by atoms with Crippen molar-refractivity contribution in [3.05, 3.63) is 34.3 Å². The second-order valence-corrected chi connectivity index (χ2v) is 7.61. The van der Waals surface area contributed by atoms with Gasteiger partial charge in [-0.3, -0.25) is 14.4 Å². The number of esters is 2. The highest BCUT2D eigenvalue weighted by Gasteiger charge is 2.49. The summed E-state index contributed by atoms with van der Waals surface area (Å²) in [4.78, 5) is 37.1. The van der Waals surface area contributed by atoms with Crippen molar-refractivity contribution < 1.29 is 28.9 Å². The number of benzene rings is 1. The van der Waals surface area contributed by atoms with Gasteiger partial charge in [0.2, 0.25) is 5.92 Å². The molecule has 25 heavy (non-hydrogen) atoms. The zero-order valence-corrected chi connectivity index (χ0v) is 15.9. The molecule has 1 N–H and O–H groups in total. The molecule has 1 heterocycles. The summed E-state index contributed by atoms with van der Waals surface area (Å²) >= 11 is 3.34. The van der Waals surface area contributed by atoms with Crippen LogP contribution in [0, 0.1) is 11.8 Å². The van der Waals surface area contributed by atoms with Crippen LogP contribution in [0.2, 0.25) is 13.1 Å².